The van der Waals surface area contributed by atoms with E-state index in [-0.39, 0.29) is 16.4 Å². The van der Waals surface area contributed by atoms with E-state index in [4.69, 9.17) is 11.6 Å². The Bertz CT molecular complexity index is 627. The summed E-state index contributed by atoms with van der Waals surface area (Å²) < 4.78 is 15.2. The van der Waals surface area contributed by atoms with Crippen molar-refractivity contribution in [2.45, 2.75) is 19.9 Å². The Morgan fingerprint density at radius 2 is 2.26 bits per heavy atom. The molecule has 6 heteroatoms. The van der Waals surface area contributed by atoms with Crippen LogP contribution in [0.4, 0.5) is 4.39 Å². The molecule has 2 rings (SSSR count). The maximum atomic E-state index is 13.0. The second kappa shape index (κ2) is 5.84. The highest BCUT2D eigenvalue weighted by molar-refractivity contribution is 9.10. The van der Waals surface area contributed by atoms with Crippen LogP contribution in [0, 0.1) is 5.82 Å². The Kier molecular flexibility index (Phi) is 4.37. The number of benzene rings is 1. The van der Waals surface area contributed by atoms with Gasteiger partial charge in [-0.3, -0.25) is 9.48 Å². The van der Waals surface area contributed by atoms with E-state index in [1.807, 2.05) is 6.92 Å². The number of carbonyl (C=O) groups is 1. The van der Waals surface area contributed by atoms with Crippen molar-refractivity contribution in [1.82, 2.24) is 9.78 Å². The average Bonchev–Trinajstić information content (AvgIpc) is 2.70. The Morgan fingerprint density at radius 1 is 1.53 bits per heavy atom. The molecule has 1 heterocycles. The van der Waals surface area contributed by atoms with Gasteiger partial charge >= 0.3 is 0 Å². The summed E-state index contributed by atoms with van der Waals surface area (Å²) in [6.45, 7) is 2.63. The standard InChI is InChI=1S/C13H11BrClFN2O/c1-2-5-18-12(10(14)7-17-18)13(19)9-4-3-8(16)6-11(9)15/h3-4,6-7H,2,5H2,1H3. The third-order valence-corrected chi connectivity index (χ3v) is 3.51. The molecule has 0 N–H and O–H groups in total. The molecule has 0 saturated heterocycles. The minimum atomic E-state index is -0.470. The van der Waals surface area contributed by atoms with Gasteiger partial charge in [-0.15, -0.1) is 0 Å². The fourth-order valence-corrected chi connectivity index (χ4v) is 2.50. The molecule has 19 heavy (non-hydrogen) atoms. The maximum Gasteiger partial charge on any atom is 0.213 e. The molecule has 0 amide bonds. The van der Waals surface area contributed by atoms with Gasteiger partial charge in [0.1, 0.15) is 11.5 Å². The molecule has 0 aliphatic carbocycles. The Hall–Kier alpha value is -1.20. The van der Waals surface area contributed by atoms with Crippen LogP contribution in [-0.4, -0.2) is 15.6 Å². The molecular formula is C13H11BrClFN2O. The van der Waals surface area contributed by atoms with Crippen molar-refractivity contribution in [3.8, 4) is 0 Å². The molecule has 0 aliphatic rings. The summed E-state index contributed by atoms with van der Waals surface area (Å²) in [5.74, 6) is -0.745. The van der Waals surface area contributed by atoms with Crippen molar-refractivity contribution in [2.24, 2.45) is 0 Å². The number of hydrogen-bond donors (Lipinski definition) is 0. The van der Waals surface area contributed by atoms with E-state index in [1.165, 1.54) is 12.1 Å². The van der Waals surface area contributed by atoms with Crippen LogP contribution in [-0.2, 0) is 6.54 Å². The van der Waals surface area contributed by atoms with Gasteiger partial charge in [-0.1, -0.05) is 18.5 Å². The van der Waals surface area contributed by atoms with Crippen LogP contribution in [0.3, 0.4) is 0 Å². The number of rotatable bonds is 4. The molecule has 0 unspecified atom stereocenters. The topological polar surface area (TPSA) is 34.9 Å². The molecule has 1 aromatic carbocycles. The van der Waals surface area contributed by atoms with E-state index in [0.29, 0.717) is 16.7 Å². The summed E-state index contributed by atoms with van der Waals surface area (Å²) in [5, 5.41) is 4.23. The van der Waals surface area contributed by atoms with Crippen molar-refractivity contribution < 1.29 is 9.18 Å². The quantitative estimate of drug-likeness (QED) is 0.783. The van der Waals surface area contributed by atoms with Gasteiger partial charge in [0.2, 0.25) is 5.78 Å². The summed E-state index contributed by atoms with van der Waals surface area (Å²) >= 11 is 9.22. The number of aromatic nitrogens is 2. The predicted octanol–water partition coefficient (Wildman–Crippen LogP) is 4.08. The monoisotopic (exact) mass is 344 g/mol. The van der Waals surface area contributed by atoms with Gasteiger partial charge in [-0.2, -0.15) is 5.10 Å². The van der Waals surface area contributed by atoms with Crippen LogP contribution in [0.25, 0.3) is 0 Å². The number of hydrogen-bond acceptors (Lipinski definition) is 2. The first kappa shape index (κ1) is 14.2. The van der Waals surface area contributed by atoms with E-state index in [1.54, 1.807) is 10.9 Å². The van der Waals surface area contributed by atoms with Crippen LogP contribution >= 0.6 is 27.5 Å². The Morgan fingerprint density at radius 3 is 2.89 bits per heavy atom. The molecular weight excluding hydrogens is 335 g/mol. The Labute approximate surface area is 123 Å². The second-order valence-corrected chi connectivity index (χ2v) is 5.28. The van der Waals surface area contributed by atoms with Gasteiger partial charge in [0.25, 0.3) is 0 Å². The van der Waals surface area contributed by atoms with Crippen molar-refractivity contribution in [2.75, 3.05) is 0 Å². The molecule has 0 bridgehead atoms. The van der Waals surface area contributed by atoms with Gasteiger partial charge in [0.15, 0.2) is 0 Å². The number of carbonyl (C=O) groups excluding carboxylic acids is 1. The van der Waals surface area contributed by atoms with E-state index < -0.39 is 5.82 Å². The van der Waals surface area contributed by atoms with E-state index in [2.05, 4.69) is 21.0 Å². The summed E-state index contributed by atoms with van der Waals surface area (Å²) in [7, 11) is 0. The minimum absolute atomic E-state index is 0.0983. The van der Waals surface area contributed by atoms with Crippen molar-refractivity contribution in [3.05, 3.63) is 51.0 Å². The third kappa shape index (κ3) is 2.87. The Balaban J connectivity index is 2.46. The summed E-state index contributed by atoms with van der Waals surface area (Å²) in [6.07, 6.45) is 2.42. The van der Waals surface area contributed by atoms with Crippen LogP contribution in [0.5, 0.6) is 0 Å². The highest BCUT2D eigenvalue weighted by Crippen LogP contribution is 2.25. The first-order chi connectivity index (χ1) is 9.04. The molecule has 3 nitrogen and oxygen atoms in total. The highest BCUT2D eigenvalue weighted by atomic mass is 79.9. The molecule has 0 fully saturated rings. The second-order valence-electron chi connectivity index (χ2n) is 4.02. The zero-order valence-electron chi connectivity index (χ0n) is 10.2. The SMILES string of the molecule is CCCn1ncc(Br)c1C(=O)c1ccc(F)cc1Cl. The summed E-state index contributed by atoms with van der Waals surface area (Å²) in [6, 6.07) is 3.73. The van der Waals surface area contributed by atoms with Crippen LogP contribution < -0.4 is 0 Å². The first-order valence-corrected chi connectivity index (χ1v) is 6.92. The summed E-state index contributed by atoms with van der Waals surface area (Å²) in [5.41, 5.74) is 0.692. The number of halogens is 3. The molecule has 0 atom stereocenters. The van der Waals surface area contributed by atoms with E-state index >= 15 is 0 Å². The number of nitrogens with zero attached hydrogens (tertiary/aromatic N) is 2. The third-order valence-electron chi connectivity index (χ3n) is 2.62. The molecule has 2 aromatic rings. The molecule has 0 spiro atoms. The predicted molar refractivity (Wildman–Crippen MR) is 75.1 cm³/mol. The highest BCUT2D eigenvalue weighted by Gasteiger charge is 2.20. The molecule has 100 valence electrons. The lowest BCUT2D eigenvalue weighted by atomic mass is 10.1. The normalized spacial score (nSPS) is 10.7. The average molecular weight is 346 g/mol. The largest absolute Gasteiger partial charge is 0.287 e. The molecule has 1 aromatic heterocycles. The lowest BCUT2D eigenvalue weighted by molar-refractivity contribution is 0.102. The molecule has 0 radical (unpaired) electrons. The zero-order valence-corrected chi connectivity index (χ0v) is 12.5. The summed E-state index contributed by atoms with van der Waals surface area (Å²) in [4.78, 5) is 12.5. The smallest absolute Gasteiger partial charge is 0.213 e. The van der Waals surface area contributed by atoms with Crippen molar-refractivity contribution in [3.63, 3.8) is 0 Å². The van der Waals surface area contributed by atoms with Gasteiger partial charge in [0.05, 0.1) is 15.7 Å². The lowest BCUT2D eigenvalue weighted by Crippen LogP contribution is -2.12. The fraction of sp³-hybridized carbons (Fsp3) is 0.231. The number of ketones is 1. The maximum absolute atomic E-state index is 13.0. The van der Waals surface area contributed by atoms with Gasteiger partial charge in [-0.25, -0.2) is 4.39 Å². The molecule has 0 saturated carbocycles. The van der Waals surface area contributed by atoms with E-state index in [9.17, 15) is 9.18 Å². The molecule has 0 aliphatic heterocycles. The minimum Gasteiger partial charge on any atom is -0.287 e. The van der Waals surface area contributed by atoms with Crippen LogP contribution in [0.1, 0.15) is 29.4 Å². The van der Waals surface area contributed by atoms with Crippen molar-refractivity contribution >= 4 is 33.3 Å². The van der Waals surface area contributed by atoms with Crippen LogP contribution in [0.2, 0.25) is 5.02 Å². The number of aryl methyl sites for hydroxylation is 1. The zero-order chi connectivity index (χ0) is 14.0. The van der Waals surface area contributed by atoms with Gasteiger partial charge in [0, 0.05) is 12.1 Å². The first-order valence-electron chi connectivity index (χ1n) is 5.75. The van der Waals surface area contributed by atoms with Crippen LogP contribution in [0.15, 0.2) is 28.9 Å². The fourth-order valence-electron chi connectivity index (χ4n) is 1.77. The van der Waals surface area contributed by atoms with Crippen molar-refractivity contribution in [1.29, 1.82) is 0 Å². The lowest BCUT2D eigenvalue weighted by Gasteiger charge is -2.07. The van der Waals surface area contributed by atoms with Gasteiger partial charge in [-0.05, 0) is 40.5 Å². The van der Waals surface area contributed by atoms with E-state index in [0.717, 1.165) is 12.5 Å². The van der Waals surface area contributed by atoms with Gasteiger partial charge < -0.3 is 0 Å².